The van der Waals surface area contributed by atoms with E-state index in [2.05, 4.69) is 33.0 Å². The Morgan fingerprint density at radius 1 is 1.42 bits per heavy atom. The number of hydrogen-bond donors (Lipinski definition) is 1. The number of nitrogens with one attached hydrogen (secondary N) is 1. The highest BCUT2D eigenvalue weighted by molar-refractivity contribution is 4.86. The van der Waals surface area contributed by atoms with Crippen molar-refractivity contribution in [1.82, 2.24) is 5.32 Å². The third-order valence-corrected chi connectivity index (χ3v) is 3.57. The largest absolute Gasteiger partial charge is 0.314 e. The molecule has 1 aliphatic rings. The minimum Gasteiger partial charge on any atom is -0.314 e. The maximum atomic E-state index is 3.60. The van der Waals surface area contributed by atoms with Gasteiger partial charge in [-0.25, -0.2) is 0 Å². The van der Waals surface area contributed by atoms with Crippen LogP contribution >= 0.6 is 0 Å². The minimum atomic E-state index is 0.483. The van der Waals surface area contributed by atoms with Gasteiger partial charge in [0.2, 0.25) is 0 Å². The van der Waals surface area contributed by atoms with E-state index in [-0.39, 0.29) is 0 Å². The van der Waals surface area contributed by atoms with Gasteiger partial charge in [-0.05, 0) is 37.6 Å². The molecule has 0 amide bonds. The van der Waals surface area contributed by atoms with Crippen molar-refractivity contribution in [1.29, 1.82) is 0 Å². The molecule has 12 heavy (non-hydrogen) atoms. The molecule has 0 spiro atoms. The average Bonchev–Trinajstić information content (AvgIpc) is 2.12. The molecule has 1 heteroatoms. The monoisotopic (exact) mass is 169 g/mol. The van der Waals surface area contributed by atoms with E-state index in [0.29, 0.717) is 11.5 Å². The van der Waals surface area contributed by atoms with E-state index >= 15 is 0 Å². The Balaban J connectivity index is 2.59. The van der Waals surface area contributed by atoms with Crippen LogP contribution in [0, 0.1) is 11.3 Å². The molecule has 72 valence electrons. The van der Waals surface area contributed by atoms with Crippen LogP contribution in [0.4, 0.5) is 0 Å². The first-order chi connectivity index (χ1) is 5.56. The second-order valence-corrected chi connectivity index (χ2v) is 4.93. The van der Waals surface area contributed by atoms with Crippen LogP contribution in [0.1, 0.15) is 47.0 Å². The fourth-order valence-corrected chi connectivity index (χ4v) is 2.15. The molecule has 0 bridgehead atoms. The van der Waals surface area contributed by atoms with Gasteiger partial charge in [-0.2, -0.15) is 0 Å². The lowest BCUT2D eigenvalue weighted by Gasteiger charge is -2.31. The number of rotatable bonds is 1. The molecule has 1 aliphatic heterocycles. The molecule has 0 aromatic heterocycles. The van der Waals surface area contributed by atoms with E-state index in [1.165, 1.54) is 25.8 Å². The van der Waals surface area contributed by atoms with Gasteiger partial charge in [0.05, 0.1) is 0 Å². The predicted octanol–water partition coefficient (Wildman–Crippen LogP) is 2.81. The molecule has 1 nitrogen and oxygen atoms in total. The van der Waals surface area contributed by atoms with Gasteiger partial charge in [0.25, 0.3) is 0 Å². The summed E-state index contributed by atoms with van der Waals surface area (Å²) in [5.74, 6) is 0.942. The van der Waals surface area contributed by atoms with Crippen molar-refractivity contribution >= 4 is 0 Å². The molecule has 1 fully saturated rings. The van der Waals surface area contributed by atoms with Crippen LogP contribution in [-0.2, 0) is 0 Å². The Morgan fingerprint density at radius 2 is 2.08 bits per heavy atom. The fourth-order valence-electron chi connectivity index (χ4n) is 2.15. The van der Waals surface area contributed by atoms with Crippen molar-refractivity contribution in [3.8, 4) is 0 Å². The minimum absolute atomic E-state index is 0.483. The summed E-state index contributed by atoms with van der Waals surface area (Å²) >= 11 is 0. The van der Waals surface area contributed by atoms with Crippen LogP contribution in [0.25, 0.3) is 0 Å². The normalized spacial score (nSPS) is 36.0. The molecular formula is C11H23N. The Hall–Kier alpha value is -0.0400. The van der Waals surface area contributed by atoms with Gasteiger partial charge in [-0.15, -0.1) is 0 Å². The average molecular weight is 169 g/mol. The summed E-state index contributed by atoms with van der Waals surface area (Å²) in [6.07, 6.45) is 4.10. The molecule has 0 aliphatic carbocycles. The highest BCUT2D eigenvalue weighted by Gasteiger charge is 2.30. The smallest absolute Gasteiger partial charge is 0.00900 e. The van der Waals surface area contributed by atoms with E-state index in [1.807, 2.05) is 0 Å². The zero-order chi connectivity index (χ0) is 9.19. The zero-order valence-corrected chi connectivity index (χ0v) is 8.98. The van der Waals surface area contributed by atoms with Crippen LogP contribution in [-0.4, -0.2) is 12.6 Å². The molecule has 0 aromatic rings. The first-order valence-corrected chi connectivity index (χ1v) is 5.29. The summed E-state index contributed by atoms with van der Waals surface area (Å²) in [7, 11) is 0. The summed E-state index contributed by atoms with van der Waals surface area (Å²) in [6, 6.07) is 0.675. The zero-order valence-electron chi connectivity index (χ0n) is 8.98. The Labute approximate surface area is 76.9 Å². The first kappa shape index (κ1) is 10.0. The highest BCUT2D eigenvalue weighted by Crippen LogP contribution is 2.34. The maximum absolute atomic E-state index is 3.60. The van der Waals surface area contributed by atoms with Crippen LogP contribution in [0.5, 0.6) is 0 Å². The predicted molar refractivity (Wildman–Crippen MR) is 54.3 cm³/mol. The second-order valence-electron chi connectivity index (χ2n) is 4.93. The van der Waals surface area contributed by atoms with Gasteiger partial charge in [0.1, 0.15) is 0 Å². The third kappa shape index (κ3) is 2.22. The van der Waals surface area contributed by atoms with E-state index in [4.69, 9.17) is 0 Å². The molecular weight excluding hydrogens is 146 g/mol. The van der Waals surface area contributed by atoms with E-state index in [1.54, 1.807) is 0 Å². The Morgan fingerprint density at radius 3 is 2.67 bits per heavy atom. The summed E-state index contributed by atoms with van der Waals surface area (Å²) < 4.78 is 0. The molecule has 0 aromatic carbocycles. The maximum Gasteiger partial charge on any atom is 0.00900 e. The molecule has 1 heterocycles. The summed E-state index contributed by atoms with van der Waals surface area (Å²) in [5.41, 5.74) is 0.483. The lowest BCUT2D eigenvalue weighted by atomic mass is 9.77. The topological polar surface area (TPSA) is 12.0 Å². The van der Waals surface area contributed by atoms with E-state index < -0.39 is 0 Å². The summed E-state index contributed by atoms with van der Waals surface area (Å²) in [4.78, 5) is 0. The second kappa shape index (κ2) is 3.78. The van der Waals surface area contributed by atoms with Gasteiger partial charge < -0.3 is 5.32 Å². The van der Waals surface area contributed by atoms with Crippen molar-refractivity contribution in [2.75, 3.05) is 6.54 Å². The lowest BCUT2D eigenvalue weighted by Crippen LogP contribution is -2.37. The number of hydrogen-bond acceptors (Lipinski definition) is 1. The van der Waals surface area contributed by atoms with Crippen molar-refractivity contribution < 1.29 is 0 Å². The third-order valence-electron chi connectivity index (χ3n) is 3.57. The van der Waals surface area contributed by atoms with Gasteiger partial charge in [0.15, 0.2) is 0 Å². The summed E-state index contributed by atoms with van der Waals surface area (Å²) in [5, 5.41) is 3.60. The molecule has 1 rings (SSSR count). The summed E-state index contributed by atoms with van der Waals surface area (Å²) in [6.45, 7) is 10.6. The molecule has 0 saturated carbocycles. The van der Waals surface area contributed by atoms with Crippen molar-refractivity contribution in [3.63, 3.8) is 0 Å². The molecule has 2 atom stereocenters. The van der Waals surface area contributed by atoms with E-state index in [0.717, 1.165) is 5.92 Å². The standard InChI is InChI=1S/C11H23N/c1-5-10-6-7-12-9(2)11(3,4)8-10/h9-10,12H,5-8H2,1-4H3. The molecule has 1 N–H and O–H groups in total. The van der Waals surface area contributed by atoms with Gasteiger partial charge in [0, 0.05) is 6.04 Å². The van der Waals surface area contributed by atoms with Gasteiger partial charge in [-0.1, -0.05) is 27.2 Å². The van der Waals surface area contributed by atoms with Crippen molar-refractivity contribution in [2.45, 2.75) is 53.0 Å². The van der Waals surface area contributed by atoms with Gasteiger partial charge >= 0.3 is 0 Å². The van der Waals surface area contributed by atoms with Crippen molar-refractivity contribution in [2.24, 2.45) is 11.3 Å². The molecule has 2 unspecified atom stereocenters. The van der Waals surface area contributed by atoms with Crippen LogP contribution < -0.4 is 5.32 Å². The quantitative estimate of drug-likeness (QED) is 0.636. The van der Waals surface area contributed by atoms with Crippen LogP contribution in [0.2, 0.25) is 0 Å². The highest BCUT2D eigenvalue weighted by atomic mass is 14.9. The van der Waals surface area contributed by atoms with Crippen molar-refractivity contribution in [3.05, 3.63) is 0 Å². The fraction of sp³-hybridized carbons (Fsp3) is 1.00. The SMILES string of the molecule is CCC1CCNC(C)C(C)(C)C1. The van der Waals surface area contributed by atoms with Crippen LogP contribution in [0.3, 0.4) is 0 Å². The van der Waals surface area contributed by atoms with Crippen LogP contribution in [0.15, 0.2) is 0 Å². The Bertz CT molecular complexity index is 140. The molecule has 0 radical (unpaired) electrons. The van der Waals surface area contributed by atoms with E-state index in [9.17, 15) is 0 Å². The first-order valence-electron chi connectivity index (χ1n) is 5.29. The lowest BCUT2D eigenvalue weighted by molar-refractivity contribution is 0.225. The molecule has 1 saturated heterocycles. The Kier molecular flexibility index (Phi) is 3.16. The van der Waals surface area contributed by atoms with Gasteiger partial charge in [-0.3, -0.25) is 0 Å².